The molecule has 0 saturated carbocycles. The first-order valence-electron chi connectivity index (χ1n) is 6.22. The third kappa shape index (κ3) is 3.77. The van der Waals surface area contributed by atoms with Gasteiger partial charge in [0, 0.05) is 18.7 Å². The van der Waals surface area contributed by atoms with Crippen LogP contribution in [-0.4, -0.2) is 34.2 Å². The van der Waals surface area contributed by atoms with Crippen molar-refractivity contribution in [2.45, 2.75) is 17.4 Å². The molecule has 0 aromatic heterocycles. The van der Waals surface area contributed by atoms with E-state index >= 15 is 0 Å². The molecule has 1 aliphatic rings. The van der Waals surface area contributed by atoms with Crippen LogP contribution in [0.1, 0.15) is 12.0 Å². The first-order chi connectivity index (χ1) is 9.94. The molecule has 1 unspecified atom stereocenters. The second-order valence-corrected chi connectivity index (χ2v) is 6.10. The summed E-state index contributed by atoms with van der Waals surface area (Å²) in [6.45, 7) is 0.590. The summed E-state index contributed by atoms with van der Waals surface area (Å²) >= 11 is 0. The number of rotatable bonds is 3. The lowest BCUT2D eigenvalue weighted by Crippen LogP contribution is -2.36. The van der Waals surface area contributed by atoms with Gasteiger partial charge < -0.3 is 10.5 Å². The first kappa shape index (κ1) is 15.9. The van der Waals surface area contributed by atoms with Gasteiger partial charge in [-0.2, -0.15) is 0 Å². The van der Waals surface area contributed by atoms with E-state index in [1.807, 2.05) is 0 Å². The Kier molecular flexibility index (Phi) is 4.90. The minimum atomic E-state index is -4.17. The van der Waals surface area contributed by atoms with Crippen LogP contribution in [0.15, 0.2) is 17.0 Å². The van der Waals surface area contributed by atoms with Crippen LogP contribution in [0.3, 0.4) is 0 Å². The molecular weight excluding hydrogens is 302 g/mol. The van der Waals surface area contributed by atoms with Crippen molar-refractivity contribution in [2.75, 3.05) is 19.8 Å². The Morgan fingerprint density at radius 3 is 2.81 bits per heavy atom. The molecular formula is C13H14F2N2O3S. The minimum absolute atomic E-state index is 0.0541. The van der Waals surface area contributed by atoms with Crippen LogP contribution in [0, 0.1) is 23.5 Å². The highest BCUT2D eigenvalue weighted by Crippen LogP contribution is 2.22. The Hall–Kier alpha value is -1.53. The Morgan fingerprint density at radius 1 is 1.43 bits per heavy atom. The van der Waals surface area contributed by atoms with E-state index in [2.05, 4.69) is 16.6 Å². The highest BCUT2D eigenvalue weighted by Gasteiger charge is 2.28. The van der Waals surface area contributed by atoms with Crippen molar-refractivity contribution in [3.05, 3.63) is 29.3 Å². The molecule has 1 aromatic carbocycles. The van der Waals surface area contributed by atoms with Crippen molar-refractivity contribution in [3.8, 4) is 11.8 Å². The number of halogens is 2. The maximum atomic E-state index is 13.9. The number of sulfonamides is 1. The van der Waals surface area contributed by atoms with E-state index in [9.17, 15) is 17.2 Å². The Bertz CT molecular complexity index is 689. The molecule has 1 heterocycles. The van der Waals surface area contributed by atoms with E-state index in [4.69, 9.17) is 10.5 Å². The average molecular weight is 316 g/mol. The maximum Gasteiger partial charge on any atom is 0.245 e. The monoisotopic (exact) mass is 316 g/mol. The molecule has 0 radical (unpaired) electrons. The summed E-state index contributed by atoms with van der Waals surface area (Å²) in [4.78, 5) is -0.670. The second-order valence-electron chi connectivity index (χ2n) is 4.45. The molecule has 0 spiro atoms. The Morgan fingerprint density at radius 2 is 2.19 bits per heavy atom. The largest absolute Gasteiger partial charge is 0.380 e. The predicted octanol–water partition coefficient (Wildman–Crippen LogP) is 0.342. The fraction of sp³-hybridized carbons (Fsp3) is 0.385. The minimum Gasteiger partial charge on any atom is -0.380 e. The van der Waals surface area contributed by atoms with Crippen molar-refractivity contribution in [1.82, 2.24) is 4.72 Å². The van der Waals surface area contributed by atoms with E-state index in [0.29, 0.717) is 19.1 Å². The van der Waals surface area contributed by atoms with Gasteiger partial charge in [-0.25, -0.2) is 21.9 Å². The zero-order chi connectivity index (χ0) is 15.5. The molecule has 8 heteroatoms. The van der Waals surface area contributed by atoms with Gasteiger partial charge >= 0.3 is 0 Å². The van der Waals surface area contributed by atoms with E-state index in [-0.39, 0.29) is 18.7 Å². The summed E-state index contributed by atoms with van der Waals surface area (Å²) in [5.74, 6) is 2.68. The zero-order valence-corrected chi connectivity index (χ0v) is 11.8. The number of benzene rings is 1. The highest BCUT2D eigenvalue weighted by molar-refractivity contribution is 7.89. The molecule has 1 saturated heterocycles. The molecule has 0 aliphatic carbocycles. The Labute approximate surface area is 121 Å². The van der Waals surface area contributed by atoms with E-state index < -0.39 is 32.6 Å². The highest BCUT2D eigenvalue weighted by atomic mass is 32.2. The molecule has 21 heavy (non-hydrogen) atoms. The van der Waals surface area contributed by atoms with Crippen LogP contribution >= 0.6 is 0 Å². The van der Waals surface area contributed by atoms with E-state index in [0.717, 1.165) is 6.07 Å². The summed E-state index contributed by atoms with van der Waals surface area (Å²) < 4.78 is 59.1. The fourth-order valence-corrected chi connectivity index (χ4v) is 3.44. The molecule has 0 amide bonds. The van der Waals surface area contributed by atoms with Crippen LogP contribution in [0.5, 0.6) is 0 Å². The van der Waals surface area contributed by atoms with Gasteiger partial charge in [0.2, 0.25) is 10.0 Å². The number of hydrogen-bond acceptors (Lipinski definition) is 4. The van der Waals surface area contributed by atoms with Crippen molar-refractivity contribution in [2.24, 2.45) is 5.73 Å². The first-order valence-corrected chi connectivity index (χ1v) is 7.70. The lowest BCUT2D eigenvalue weighted by Gasteiger charge is -2.13. The topological polar surface area (TPSA) is 81.4 Å². The molecule has 2 rings (SSSR count). The third-order valence-corrected chi connectivity index (χ3v) is 4.45. The van der Waals surface area contributed by atoms with Gasteiger partial charge in [-0.1, -0.05) is 11.8 Å². The number of ether oxygens (including phenoxy) is 1. The van der Waals surface area contributed by atoms with Crippen LogP contribution < -0.4 is 10.5 Å². The number of nitrogens with one attached hydrogen (secondary N) is 1. The van der Waals surface area contributed by atoms with Crippen LogP contribution in [-0.2, 0) is 14.8 Å². The molecule has 5 nitrogen and oxygen atoms in total. The van der Waals surface area contributed by atoms with Crippen LogP contribution in [0.4, 0.5) is 8.78 Å². The van der Waals surface area contributed by atoms with Gasteiger partial charge in [0.25, 0.3) is 0 Å². The molecule has 3 N–H and O–H groups in total. The van der Waals surface area contributed by atoms with Gasteiger partial charge in [0.05, 0.1) is 18.7 Å². The van der Waals surface area contributed by atoms with E-state index in [1.54, 1.807) is 0 Å². The maximum absolute atomic E-state index is 13.9. The summed E-state index contributed by atoms with van der Waals surface area (Å²) in [5.41, 5.74) is 4.94. The Balaban J connectivity index is 2.45. The van der Waals surface area contributed by atoms with Gasteiger partial charge in [-0.15, -0.1) is 0 Å². The van der Waals surface area contributed by atoms with Crippen molar-refractivity contribution in [3.63, 3.8) is 0 Å². The molecule has 1 fully saturated rings. The SMILES string of the molecule is NCC#Cc1cc(F)cc(F)c1S(=O)(=O)NC1CCOC1. The van der Waals surface area contributed by atoms with Crippen molar-refractivity contribution >= 4 is 10.0 Å². The zero-order valence-electron chi connectivity index (χ0n) is 11.0. The van der Waals surface area contributed by atoms with Gasteiger partial charge in [0.1, 0.15) is 16.5 Å². The third-order valence-electron chi connectivity index (χ3n) is 2.85. The lowest BCUT2D eigenvalue weighted by molar-refractivity contribution is 0.192. The number of hydrogen-bond donors (Lipinski definition) is 2. The van der Waals surface area contributed by atoms with Crippen molar-refractivity contribution < 1.29 is 21.9 Å². The van der Waals surface area contributed by atoms with E-state index in [1.165, 1.54) is 0 Å². The van der Waals surface area contributed by atoms with Crippen molar-refractivity contribution in [1.29, 1.82) is 0 Å². The van der Waals surface area contributed by atoms with Gasteiger partial charge in [0.15, 0.2) is 0 Å². The molecule has 1 atom stereocenters. The molecule has 1 aromatic rings. The van der Waals surface area contributed by atoms with Gasteiger partial charge in [-0.05, 0) is 12.5 Å². The molecule has 114 valence electrons. The summed E-state index contributed by atoms with van der Waals surface area (Å²) in [6, 6.07) is 0.938. The number of nitrogens with two attached hydrogens (primary N) is 1. The lowest BCUT2D eigenvalue weighted by atomic mass is 10.2. The second kappa shape index (κ2) is 6.49. The average Bonchev–Trinajstić information content (AvgIpc) is 2.86. The predicted molar refractivity (Wildman–Crippen MR) is 71.8 cm³/mol. The standard InChI is InChI=1S/C13H14F2N2O3S/c14-10-6-9(2-1-4-16)13(12(15)7-10)21(18,19)17-11-3-5-20-8-11/h6-7,11,17H,3-5,8,16H2. The van der Waals surface area contributed by atoms with Crippen LogP contribution in [0.25, 0.3) is 0 Å². The summed E-state index contributed by atoms with van der Waals surface area (Å²) in [6.07, 6.45) is 0.492. The quantitative estimate of drug-likeness (QED) is 0.788. The summed E-state index contributed by atoms with van der Waals surface area (Å²) in [7, 11) is -4.17. The van der Waals surface area contributed by atoms with Crippen LogP contribution in [0.2, 0.25) is 0 Å². The van der Waals surface area contributed by atoms with Gasteiger partial charge in [-0.3, -0.25) is 0 Å². The fourth-order valence-electron chi connectivity index (χ4n) is 1.98. The molecule has 1 aliphatic heterocycles. The molecule has 0 bridgehead atoms. The summed E-state index contributed by atoms with van der Waals surface area (Å²) in [5, 5.41) is 0. The normalized spacial score (nSPS) is 18.3. The smallest absolute Gasteiger partial charge is 0.245 e.